The SMILES string of the molecule is NC(=O)c1cccc(OC(F)(F)F)c1C=O. The highest BCUT2D eigenvalue weighted by molar-refractivity contribution is 6.02. The topological polar surface area (TPSA) is 69.4 Å². The molecule has 0 saturated heterocycles. The summed E-state index contributed by atoms with van der Waals surface area (Å²) >= 11 is 0. The smallest absolute Gasteiger partial charge is 0.405 e. The van der Waals surface area contributed by atoms with E-state index in [9.17, 15) is 22.8 Å². The molecule has 7 heteroatoms. The monoisotopic (exact) mass is 233 g/mol. The molecule has 0 bridgehead atoms. The molecule has 0 fully saturated rings. The van der Waals surface area contributed by atoms with Gasteiger partial charge in [-0.1, -0.05) is 6.07 Å². The molecule has 2 N–H and O–H groups in total. The highest BCUT2D eigenvalue weighted by atomic mass is 19.4. The van der Waals surface area contributed by atoms with Gasteiger partial charge in [0, 0.05) is 0 Å². The zero-order chi connectivity index (χ0) is 12.3. The summed E-state index contributed by atoms with van der Waals surface area (Å²) in [5, 5.41) is 0. The quantitative estimate of drug-likeness (QED) is 0.804. The maximum atomic E-state index is 11.9. The Hall–Kier alpha value is -2.05. The number of halogens is 3. The third kappa shape index (κ3) is 2.72. The molecule has 0 aromatic heterocycles. The molecular weight excluding hydrogens is 227 g/mol. The first kappa shape index (κ1) is 12.0. The first-order valence-corrected chi connectivity index (χ1v) is 3.99. The second-order valence-corrected chi connectivity index (χ2v) is 2.75. The molecule has 0 aliphatic rings. The van der Waals surface area contributed by atoms with Crippen LogP contribution >= 0.6 is 0 Å². The number of nitrogens with two attached hydrogens (primary N) is 1. The second kappa shape index (κ2) is 4.21. The lowest BCUT2D eigenvalue weighted by atomic mass is 10.1. The van der Waals surface area contributed by atoms with E-state index in [0.717, 1.165) is 18.2 Å². The van der Waals surface area contributed by atoms with Crippen LogP contribution in [0.15, 0.2) is 18.2 Å². The Kier molecular flexibility index (Phi) is 3.17. The molecule has 0 heterocycles. The zero-order valence-corrected chi connectivity index (χ0v) is 7.75. The van der Waals surface area contributed by atoms with E-state index in [2.05, 4.69) is 4.74 Å². The van der Waals surface area contributed by atoms with Crippen molar-refractivity contribution in [3.8, 4) is 5.75 Å². The minimum atomic E-state index is -4.94. The Morgan fingerprint density at radius 2 is 2.00 bits per heavy atom. The number of primary amides is 1. The van der Waals surface area contributed by atoms with E-state index in [1.807, 2.05) is 0 Å². The standard InChI is InChI=1S/C9H6F3NO3/c10-9(11,12)16-7-3-1-2-5(8(13)15)6(7)4-14/h1-4H,(H2,13,15). The molecular formula is C9H6F3NO3. The predicted octanol–water partition coefficient (Wildman–Crippen LogP) is 1.50. The lowest BCUT2D eigenvalue weighted by molar-refractivity contribution is -0.274. The van der Waals surface area contributed by atoms with Gasteiger partial charge in [-0.15, -0.1) is 13.2 Å². The van der Waals surface area contributed by atoms with Crippen LogP contribution in [0.2, 0.25) is 0 Å². The van der Waals surface area contributed by atoms with Crippen LogP contribution in [-0.2, 0) is 0 Å². The summed E-state index contributed by atoms with van der Waals surface area (Å²) in [6.45, 7) is 0. The van der Waals surface area contributed by atoms with E-state index < -0.39 is 23.6 Å². The number of aldehydes is 1. The average molecular weight is 233 g/mol. The van der Waals surface area contributed by atoms with Crippen LogP contribution in [0.1, 0.15) is 20.7 Å². The molecule has 0 saturated carbocycles. The molecule has 1 rings (SSSR count). The van der Waals surface area contributed by atoms with E-state index >= 15 is 0 Å². The zero-order valence-electron chi connectivity index (χ0n) is 7.75. The summed E-state index contributed by atoms with van der Waals surface area (Å²) in [7, 11) is 0. The predicted molar refractivity (Wildman–Crippen MR) is 47.0 cm³/mol. The van der Waals surface area contributed by atoms with Gasteiger partial charge < -0.3 is 10.5 Å². The van der Waals surface area contributed by atoms with E-state index in [-0.39, 0.29) is 11.8 Å². The molecule has 1 amide bonds. The molecule has 16 heavy (non-hydrogen) atoms. The van der Waals surface area contributed by atoms with Gasteiger partial charge in [-0.25, -0.2) is 0 Å². The van der Waals surface area contributed by atoms with Crippen LogP contribution in [0.5, 0.6) is 5.75 Å². The molecule has 1 aromatic carbocycles. The Labute approximate surface area is 87.8 Å². The van der Waals surface area contributed by atoms with Gasteiger partial charge in [-0.2, -0.15) is 0 Å². The number of carbonyl (C=O) groups excluding carboxylic acids is 2. The van der Waals surface area contributed by atoms with Crippen LogP contribution in [0.4, 0.5) is 13.2 Å². The van der Waals surface area contributed by atoms with Crippen molar-refractivity contribution in [2.75, 3.05) is 0 Å². The van der Waals surface area contributed by atoms with Gasteiger partial charge in [-0.05, 0) is 12.1 Å². The minimum Gasteiger partial charge on any atom is -0.405 e. The molecule has 86 valence electrons. The normalized spacial score (nSPS) is 10.9. The van der Waals surface area contributed by atoms with Crippen LogP contribution in [0.3, 0.4) is 0 Å². The summed E-state index contributed by atoms with van der Waals surface area (Å²) in [5.74, 6) is -1.76. The van der Waals surface area contributed by atoms with Gasteiger partial charge in [0.2, 0.25) is 5.91 Å². The molecule has 1 aromatic rings. The third-order valence-electron chi connectivity index (χ3n) is 1.68. The summed E-state index contributed by atoms with van der Waals surface area (Å²) in [6.07, 6.45) is -4.85. The van der Waals surface area contributed by atoms with E-state index in [1.54, 1.807) is 0 Å². The van der Waals surface area contributed by atoms with E-state index in [1.165, 1.54) is 0 Å². The van der Waals surface area contributed by atoms with Crippen molar-refractivity contribution in [2.24, 2.45) is 5.73 Å². The fraction of sp³-hybridized carbons (Fsp3) is 0.111. The Morgan fingerprint density at radius 3 is 2.44 bits per heavy atom. The number of hydrogen-bond acceptors (Lipinski definition) is 3. The van der Waals surface area contributed by atoms with Crippen LogP contribution < -0.4 is 10.5 Å². The minimum absolute atomic E-state index is 0.0845. The number of ether oxygens (including phenoxy) is 1. The Balaban J connectivity index is 3.24. The van der Waals surface area contributed by atoms with Crippen molar-refractivity contribution in [3.63, 3.8) is 0 Å². The number of amides is 1. The Morgan fingerprint density at radius 1 is 1.38 bits per heavy atom. The van der Waals surface area contributed by atoms with Gasteiger partial charge in [0.05, 0.1) is 11.1 Å². The highest BCUT2D eigenvalue weighted by Crippen LogP contribution is 2.27. The van der Waals surface area contributed by atoms with Gasteiger partial charge >= 0.3 is 6.36 Å². The van der Waals surface area contributed by atoms with E-state index in [4.69, 9.17) is 5.73 Å². The Bertz CT molecular complexity index is 428. The molecule has 0 atom stereocenters. The molecule has 0 unspecified atom stereocenters. The lowest BCUT2D eigenvalue weighted by Gasteiger charge is -2.11. The molecule has 4 nitrogen and oxygen atoms in total. The third-order valence-corrected chi connectivity index (χ3v) is 1.68. The maximum absolute atomic E-state index is 11.9. The lowest BCUT2D eigenvalue weighted by Crippen LogP contribution is -2.20. The number of benzene rings is 1. The molecule has 0 spiro atoms. The first-order chi connectivity index (χ1) is 7.35. The van der Waals surface area contributed by atoms with Gasteiger partial charge in [-0.3, -0.25) is 9.59 Å². The first-order valence-electron chi connectivity index (χ1n) is 3.99. The number of alkyl halides is 3. The largest absolute Gasteiger partial charge is 0.573 e. The van der Waals surface area contributed by atoms with Crippen molar-refractivity contribution in [1.82, 2.24) is 0 Å². The van der Waals surface area contributed by atoms with Crippen molar-refractivity contribution < 1.29 is 27.5 Å². The molecule has 0 radical (unpaired) electrons. The van der Waals surface area contributed by atoms with Crippen LogP contribution in [0, 0.1) is 0 Å². The van der Waals surface area contributed by atoms with Crippen molar-refractivity contribution in [3.05, 3.63) is 29.3 Å². The summed E-state index contributed by atoms with van der Waals surface area (Å²) < 4.78 is 39.4. The van der Waals surface area contributed by atoms with Crippen molar-refractivity contribution in [2.45, 2.75) is 6.36 Å². The van der Waals surface area contributed by atoms with Crippen molar-refractivity contribution >= 4 is 12.2 Å². The van der Waals surface area contributed by atoms with Gasteiger partial charge in [0.1, 0.15) is 5.75 Å². The number of hydrogen-bond donors (Lipinski definition) is 1. The van der Waals surface area contributed by atoms with Gasteiger partial charge in [0.15, 0.2) is 6.29 Å². The number of carbonyl (C=O) groups is 2. The summed E-state index contributed by atoms with van der Waals surface area (Å²) in [4.78, 5) is 21.4. The van der Waals surface area contributed by atoms with E-state index in [0.29, 0.717) is 0 Å². The fourth-order valence-electron chi connectivity index (χ4n) is 1.09. The molecule has 0 aliphatic carbocycles. The summed E-state index contributed by atoms with van der Waals surface area (Å²) in [6, 6.07) is 3.19. The maximum Gasteiger partial charge on any atom is 0.573 e. The van der Waals surface area contributed by atoms with Gasteiger partial charge in [0.25, 0.3) is 0 Å². The highest BCUT2D eigenvalue weighted by Gasteiger charge is 2.32. The van der Waals surface area contributed by atoms with Crippen LogP contribution in [-0.4, -0.2) is 18.6 Å². The second-order valence-electron chi connectivity index (χ2n) is 2.75. The fourth-order valence-corrected chi connectivity index (χ4v) is 1.09. The van der Waals surface area contributed by atoms with Crippen LogP contribution in [0.25, 0.3) is 0 Å². The molecule has 0 aliphatic heterocycles. The average Bonchev–Trinajstić information content (AvgIpc) is 2.14. The number of rotatable bonds is 3. The van der Waals surface area contributed by atoms with Crippen molar-refractivity contribution in [1.29, 1.82) is 0 Å². The summed E-state index contributed by atoms with van der Waals surface area (Å²) in [5.41, 5.74) is 4.04.